The SMILES string of the molecule is Cc1c(N2CCN(C)CC2)c(N)cc2c(=O)cc(C(=O)O)n(C3CC3)c12.OCl. The maximum atomic E-state index is 12.6. The van der Waals surface area contributed by atoms with Gasteiger partial charge in [0.1, 0.15) is 5.69 Å². The Balaban J connectivity index is 0.00000109. The molecule has 0 bridgehead atoms. The van der Waals surface area contributed by atoms with Crippen molar-refractivity contribution in [3.63, 3.8) is 0 Å². The van der Waals surface area contributed by atoms with E-state index >= 15 is 0 Å². The summed E-state index contributed by atoms with van der Waals surface area (Å²) in [7, 11) is 2.10. The molecule has 4 N–H and O–H groups in total. The van der Waals surface area contributed by atoms with Crippen molar-refractivity contribution in [2.24, 2.45) is 0 Å². The smallest absolute Gasteiger partial charge is 0.352 e. The maximum absolute atomic E-state index is 12.6. The lowest BCUT2D eigenvalue weighted by Gasteiger charge is -2.36. The number of hydrogen-bond donors (Lipinski definition) is 3. The number of piperazine rings is 1. The summed E-state index contributed by atoms with van der Waals surface area (Å²) in [5.41, 5.74) is 9.27. The molecule has 1 saturated heterocycles. The standard InChI is InChI=1S/C19H24N4O3.ClHO/c1-11-17-13(9-14(20)18(11)22-7-5-21(2)6-8-22)16(24)10-15(19(25)26)23(17)12-3-4-12;1-2/h9-10,12H,3-8,20H2,1-2H3,(H,25,26);2H. The molecule has 0 atom stereocenters. The van der Waals surface area contributed by atoms with Crippen LogP contribution >= 0.6 is 11.9 Å². The third kappa shape index (κ3) is 3.55. The molecule has 8 nitrogen and oxygen atoms in total. The van der Waals surface area contributed by atoms with E-state index in [1.165, 1.54) is 6.07 Å². The summed E-state index contributed by atoms with van der Waals surface area (Å²) in [5.74, 6) is -1.06. The van der Waals surface area contributed by atoms with Gasteiger partial charge in [-0.15, -0.1) is 0 Å². The zero-order valence-corrected chi connectivity index (χ0v) is 16.7. The third-order valence-corrected chi connectivity index (χ3v) is 5.52. The van der Waals surface area contributed by atoms with Gasteiger partial charge < -0.3 is 25.2 Å². The summed E-state index contributed by atoms with van der Waals surface area (Å²) in [6, 6.07) is 3.10. The summed E-state index contributed by atoms with van der Waals surface area (Å²) in [6.07, 6.45) is 1.87. The van der Waals surface area contributed by atoms with E-state index in [2.05, 4.69) is 28.7 Å². The van der Waals surface area contributed by atoms with E-state index in [0.717, 1.165) is 55.8 Å². The number of aromatic carboxylic acids is 1. The Kier molecular flexibility index (Phi) is 5.83. The number of fused-ring (bicyclic) bond motifs is 1. The van der Waals surface area contributed by atoms with Gasteiger partial charge in [0.15, 0.2) is 5.43 Å². The Bertz CT molecular complexity index is 963. The number of pyridine rings is 1. The van der Waals surface area contributed by atoms with Gasteiger partial charge in [0.2, 0.25) is 0 Å². The lowest BCUT2D eigenvalue weighted by Crippen LogP contribution is -2.45. The number of benzene rings is 1. The molecule has 1 aromatic heterocycles. The Morgan fingerprint density at radius 1 is 1.18 bits per heavy atom. The number of carboxylic acid groups (broad SMARTS) is 1. The van der Waals surface area contributed by atoms with E-state index in [4.69, 9.17) is 10.4 Å². The Morgan fingerprint density at radius 3 is 2.32 bits per heavy atom. The van der Waals surface area contributed by atoms with Crippen LogP contribution in [-0.2, 0) is 0 Å². The number of carbonyl (C=O) groups is 1. The first kappa shape index (κ1) is 20.4. The van der Waals surface area contributed by atoms with Gasteiger partial charge in [-0.05, 0) is 38.4 Å². The monoisotopic (exact) mass is 408 g/mol. The van der Waals surface area contributed by atoms with Gasteiger partial charge in [-0.3, -0.25) is 9.45 Å². The average Bonchev–Trinajstić information content (AvgIpc) is 3.50. The number of nitrogens with zero attached hydrogens (tertiary/aromatic N) is 3. The van der Waals surface area contributed by atoms with Crippen LogP contribution in [-0.4, -0.2) is 58.4 Å². The fraction of sp³-hybridized carbons (Fsp3) is 0.474. The number of anilines is 2. The van der Waals surface area contributed by atoms with Crippen LogP contribution < -0.4 is 16.1 Å². The van der Waals surface area contributed by atoms with Crippen LogP contribution in [0.25, 0.3) is 10.9 Å². The predicted octanol–water partition coefficient (Wildman–Crippen LogP) is 1.81. The van der Waals surface area contributed by atoms with Gasteiger partial charge in [-0.1, -0.05) is 0 Å². The minimum Gasteiger partial charge on any atom is -0.477 e. The van der Waals surface area contributed by atoms with Gasteiger partial charge in [-0.2, -0.15) is 0 Å². The second-order valence-corrected chi connectivity index (χ2v) is 7.43. The van der Waals surface area contributed by atoms with Crippen LogP contribution in [0.3, 0.4) is 0 Å². The highest BCUT2D eigenvalue weighted by Gasteiger charge is 2.31. The van der Waals surface area contributed by atoms with Crippen LogP contribution in [0.15, 0.2) is 16.9 Å². The van der Waals surface area contributed by atoms with Crippen LogP contribution in [0.4, 0.5) is 11.4 Å². The number of halogens is 1. The quantitative estimate of drug-likeness (QED) is 0.664. The van der Waals surface area contributed by atoms with E-state index in [1.54, 1.807) is 6.07 Å². The number of aromatic nitrogens is 1. The van der Waals surface area contributed by atoms with Crippen LogP contribution in [0.5, 0.6) is 0 Å². The van der Waals surface area contributed by atoms with Crippen molar-refractivity contribution in [3.8, 4) is 0 Å². The van der Waals surface area contributed by atoms with Crippen molar-refractivity contribution in [2.75, 3.05) is 43.9 Å². The zero-order chi connectivity index (χ0) is 20.6. The second-order valence-electron chi connectivity index (χ2n) is 7.43. The molecular weight excluding hydrogens is 384 g/mol. The number of hydrogen-bond acceptors (Lipinski definition) is 6. The molecule has 2 aliphatic rings. The molecule has 1 aliphatic heterocycles. The molecule has 2 heterocycles. The number of aryl methyl sites for hydroxylation is 1. The van der Waals surface area contributed by atoms with Crippen molar-refractivity contribution in [2.45, 2.75) is 25.8 Å². The third-order valence-electron chi connectivity index (χ3n) is 5.52. The summed E-state index contributed by atoms with van der Waals surface area (Å²) in [5, 5.41) is 10.1. The summed E-state index contributed by atoms with van der Waals surface area (Å²) >= 11 is 3.64. The molecule has 4 rings (SSSR count). The van der Waals surface area contributed by atoms with Gasteiger partial charge in [0.05, 0.1) is 28.8 Å². The van der Waals surface area contributed by atoms with Gasteiger partial charge in [0, 0.05) is 43.7 Å². The van der Waals surface area contributed by atoms with E-state index in [1.807, 2.05) is 11.5 Å². The molecule has 0 unspecified atom stereocenters. The predicted molar refractivity (Wildman–Crippen MR) is 110 cm³/mol. The van der Waals surface area contributed by atoms with Crippen LogP contribution in [0, 0.1) is 6.92 Å². The van der Waals surface area contributed by atoms with Crippen molar-refractivity contribution in [1.82, 2.24) is 9.47 Å². The maximum Gasteiger partial charge on any atom is 0.352 e. The highest BCUT2D eigenvalue weighted by Crippen LogP contribution is 2.41. The normalized spacial score (nSPS) is 17.4. The lowest BCUT2D eigenvalue weighted by atomic mass is 10.0. The molecule has 0 amide bonds. The van der Waals surface area contributed by atoms with Crippen molar-refractivity contribution >= 4 is 40.1 Å². The first-order chi connectivity index (χ1) is 13.4. The Hall–Kier alpha value is -2.29. The molecule has 0 radical (unpaired) electrons. The molecule has 28 heavy (non-hydrogen) atoms. The highest BCUT2D eigenvalue weighted by molar-refractivity contribution is 6.04. The lowest BCUT2D eigenvalue weighted by molar-refractivity contribution is 0.0684. The Morgan fingerprint density at radius 2 is 1.79 bits per heavy atom. The number of nitrogens with two attached hydrogens (primary N) is 1. The second kappa shape index (κ2) is 7.98. The van der Waals surface area contributed by atoms with E-state index in [0.29, 0.717) is 11.1 Å². The van der Waals surface area contributed by atoms with Crippen LogP contribution in [0.1, 0.15) is 34.9 Å². The number of carboxylic acids is 1. The fourth-order valence-electron chi connectivity index (χ4n) is 4.04. The van der Waals surface area contributed by atoms with Crippen molar-refractivity contribution in [3.05, 3.63) is 33.6 Å². The number of nitrogen functional groups attached to an aromatic ring is 1. The number of rotatable bonds is 3. The summed E-state index contributed by atoms with van der Waals surface area (Å²) in [6.45, 7) is 5.57. The minimum absolute atomic E-state index is 0.0715. The molecule has 1 aliphatic carbocycles. The first-order valence-electron chi connectivity index (χ1n) is 9.20. The van der Waals surface area contributed by atoms with Gasteiger partial charge in [0.25, 0.3) is 0 Å². The molecule has 1 saturated carbocycles. The van der Waals surface area contributed by atoms with Gasteiger partial charge in [-0.25, -0.2) is 4.79 Å². The van der Waals surface area contributed by atoms with Crippen molar-refractivity contribution in [1.29, 1.82) is 0 Å². The van der Waals surface area contributed by atoms with E-state index in [9.17, 15) is 14.7 Å². The largest absolute Gasteiger partial charge is 0.477 e. The fourth-order valence-corrected chi connectivity index (χ4v) is 4.04. The van der Waals surface area contributed by atoms with E-state index < -0.39 is 5.97 Å². The summed E-state index contributed by atoms with van der Waals surface area (Å²) in [4.78, 5) is 28.9. The topological polar surface area (TPSA) is 112 Å². The summed E-state index contributed by atoms with van der Waals surface area (Å²) < 4.78 is 8.31. The van der Waals surface area contributed by atoms with E-state index in [-0.39, 0.29) is 17.2 Å². The molecule has 2 aromatic rings. The molecule has 9 heteroatoms. The Labute approximate surface area is 167 Å². The average molecular weight is 409 g/mol. The van der Waals surface area contributed by atoms with Crippen LogP contribution in [0.2, 0.25) is 0 Å². The number of likely N-dealkylation sites (N-methyl/N-ethyl adjacent to an activating group) is 1. The molecule has 0 spiro atoms. The molecule has 2 fully saturated rings. The first-order valence-corrected chi connectivity index (χ1v) is 9.54. The minimum atomic E-state index is -1.06. The zero-order valence-electron chi connectivity index (χ0n) is 16.0. The highest BCUT2D eigenvalue weighted by atomic mass is 35.5. The van der Waals surface area contributed by atoms with Crippen molar-refractivity contribution < 1.29 is 14.6 Å². The molecular formula is C19H25ClN4O4. The molecule has 152 valence electrons. The van der Waals surface area contributed by atoms with Gasteiger partial charge >= 0.3 is 5.97 Å². The molecule has 1 aromatic carbocycles.